The van der Waals surface area contributed by atoms with E-state index >= 15 is 0 Å². The lowest BCUT2D eigenvalue weighted by Gasteiger charge is -2.11. The maximum atomic E-state index is 11.6. The van der Waals surface area contributed by atoms with E-state index in [0.717, 1.165) is 16.8 Å². The van der Waals surface area contributed by atoms with Crippen molar-refractivity contribution in [2.24, 2.45) is 10.7 Å². The molecule has 140 valence electrons. The molecule has 0 aliphatic rings. The molecule has 0 aliphatic carbocycles. The molecule has 0 atom stereocenters. The minimum absolute atomic E-state index is 0. The summed E-state index contributed by atoms with van der Waals surface area (Å²) in [5, 5.41) is 3.07. The third-order valence-electron chi connectivity index (χ3n) is 3.48. The van der Waals surface area contributed by atoms with Crippen LogP contribution in [0.5, 0.6) is 5.75 Å². The molecule has 0 aliphatic heterocycles. The second-order valence-corrected chi connectivity index (χ2v) is 5.92. The lowest BCUT2D eigenvalue weighted by atomic mass is 10.2. The van der Waals surface area contributed by atoms with E-state index in [1.54, 1.807) is 14.1 Å². The topological polar surface area (TPSA) is 80.0 Å². The minimum Gasteiger partial charge on any atom is -0.484 e. The second kappa shape index (κ2) is 10.6. The Kier molecular flexibility index (Phi) is 8.91. The fourth-order valence-electron chi connectivity index (χ4n) is 2.09. The lowest BCUT2D eigenvalue weighted by molar-refractivity contribution is -0.130. The number of rotatable bonds is 6. The van der Waals surface area contributed by atoms with Gasteiger partial charge in [-0.1, -0.05) is 24.3 Å². The van der Waals surface area contributed by atoms with Crippen LogP contribution in [0.2, 0.25) is 0 Å². The minimum atomic E-state index is -0.0879. The molecule has 6 nitrogen and oxygen atoms in total. The molecule has 0 saturated heterocycles. The SMILES string of the molecule is Cc1cccc(NC(N)=NCc2cccc(OCC(=O)N(C)C)c2)c1.I. The molecule has 0 unspecified atom stereocenters. The van der Waals surface area contributed by atoms with Crippen LogP contribution < -0.4 is 15.8 Å². The molecule has 0 spiro atoms. The molecule has 26 heavy (non-hydrogen) atoms. The molecule has 7 heteroatoms. The molecule has 0 heterocycles. The highest BCUT2D eigenvalue weighted by atomic mass is 127. The summed E-state index contributed by atoms with van der Waals surface area (Å²) in [6, 6.07) is 15.4. The number of nitrogens with two attached hydrogens (primary N) is 1. The zero-order valence-electron chi connectivity index (χ0n) is 15.2. The third-order valence-corrected chi connectivity index (χ3v) is 3.48. The Morgan fingerprint density at radius 1 is 1.19 bits per heavy atom. The summed E-state index contributed by atoms with van der Waals surface area (Å²) in [5.41, 5.74) is 8.93. The van der Waals surface area contributed by atoms with Gasteiger partial charge in [-0.05, 0) is 42.3 Å². The highest BCUT2D eigenvalue weighted by Gasteiger charge is 2.05. The number of carbonyl (C=O) groups excluding carboxylic acids is 1. The molecule has 0 saturated carbocycles. The van der Waals surface area contributed by atoms with Crippen molar-refractivity contribution in [2.75, 3.05) is 26.0 Å². The summed E-state index contributed by atoms with van der Waals surface area (Å²) in [7, 11) is 3.39. The Bertz CT molecular complexity index is 763. The number of benzene rings is 2. The number of aryl methyl sites for hydroxylation is 1. The van der Waals surface area contributed by atoms with Crippen molar-refractivity contribution in [1.82, 2.24) is 4.90 Å². The Balaban J connectivity index is 0.00000338. The number of carbonyl (C=O) groups is 1. The van der Waals surface area contributed by atoms with E-state index in [9.17, 15) is 4.79 Å². The summed E-state index contributed by atoms with van der Waals surface area (Å²) < 4.78 is 5.50. The van der Waals surface area contributed by atoms with Gasteiger partial charge in [0.2, 0.25) is 0 Å². The quantitative estimate of drug-likeness (QED) is 0.388. The molecular weight excluding hydrogens is 443 g/mol. The molecule has 0 aromatic heterocycles. The van der Waals surface area contributed by atoms with Gasteiger partial charge in [-0.15, -0.1) is 24.0 Å². The summed E-state index contributed by atoms with van der Waals surface area (Å²) in [6.07, 6.45) is 0. The van der Waals surface area contributed by atoms with E-state index in [1.807, 2.05) is 55.5 Å². The number of hydrogen-bond donors (Lipinski definition) is 2. The van der Waals surface area contributed by atoms with Crippen molar-refractivity contribution in [3.63, 3.8) is 0 Å². The van der Waals surface area contributed by atoms with E-state index in [1.165, 1.54) is 4.90 Å². The van der Waals surface area contributed by atoms with Gasteiger partial charge in [-0.25, -0.2) is 4.99 Å². The molecule has 3 N–H and O–H groups in total. The van der Waals surface area contributed by atoms with E-state index in [-0.39, 0.29) is 36.5 Å². The largest absolute Gasteiger partial charge is 0.484 e. The maximum absolute atomic E-state index is 11.6. The number of amides is 1. The van der Waals surface area contributed by atoms with Crippen molar-refractivity contribution in [3.05, 3.63) is 59.7 Å². The van der Waals surface area contributed by atoms with Crippen molar-refractivity contribution < 1.29 is 9.53 Å². The fourth-order valence-corrected chi connectivity index (χ4v) is 2.09. The number of hydrogen-bond acceptors (Lipinski definition) is 3. The third kappa shape index (κ3) is 7.30. The number of anilines is 1. The van der Waals surface area contributed by atoms with Crippen LogP contribution in [0.15, 0.2) is 53.5 Å². The van der Waals surface area contributed by atoms with Crippen LogP contribution >= 0.6 is 24.0 Å². The van der Waals surface area contributed by atoms with Crippen LogP contribution in [0.25, 0.3) is 0 Å². The number of guanidine groups is 1. The summed E-state index contributed by atoms with van der Waals surface area (Å²) >= 11 is 0. The van der Waals surface area contributed by atoms with Gasteiger partial charge < -0.3 is 20.7 Å². The smallest absolute Gasteiger partial charge is 0.259 e. The number of ether oxygens (including phenoxy) is 1. The number of aliphatic imine (C=N–C) groups is 1. The zero-order valence-corrected chi connectivity index (χ0v) is 17.6. The Morgan fingerprint density at radius 2 is 1.92 bits per heavy atom. The summed E-state index contributed by atoms with van der Waals surface area (Å²) in [5.74, 6) is 0.892. The first-order valence-electron chi connectivity index (χ1n) is 7.99. The number of nitrogens with one attached hydrogen (secondary N) is 1. The van der Waals surface area contributed by atoms with Crippen molar-refractivity contribution in [2.45, 2.75) is 13.5 Å². The molecule has 2 aromatic rings. The standard InChI is InChI=1S/C19H24N4O2.HI/c1-14-6-4-8-16(10-14)22-19(20)21-12-15-7-5-9-17(11-15)25-13-18(24)23(2)3;/h4-11H,12-13H2,1-3H3,(H3,20,21,22);1H. The molecule has 0 radical (unpaired) electrons. The van der Waals surface area contributed by atoms with Crippen LogP contribution in [-0.4, -0.2) is 37.5 Å². The van der Waals surface area contributed by atoms with Crippen molar-refractivity contribution in [3.8, 4) is 5.75 Å². The monoisotopic (exact) mass is 468 g/mol. The molecular formula is C19H25IN4O2. The van der Waals surface area contributed by atoms with Crippen molar-refractivity contribution in [1.29, 1.82) is 0 Å². The predicted molar refractivity (Wildman–Crippen MR) is 116 cm³/mol. The highest BCUT2D eigenvalue weighted by Crippen LogP contribution is 2.14. The molecule has 2 aromatic carbocycles. The lowest BCUT2D eigenvalue weighted by Crippen LogP contribution is -2.27. The van der Waals surface area contributed by atoms with Gasteiger partial charge in [-0.3, -0.25) is 4.79 Å². The second-order valence-electron chi connectivity index (χ2n) is 5.92. The van der Waals surface area contributed by atoms with E-state index in [4.69, 9.17) is 10.5 Å². The van der Waals surface area contributed by atoms with Gasteiger partial charge >= 0.3 is 0 Å². The average molecular weight is 468 g/mol. The van der Waals surface area contributed by atoms with E-state index < -0.39 is 0 Å². The van der Waals surface area contributed by atoms with Gasteiger partial charge in [-0.2, -0.15) is 0 Å². The first kappa shape index (κ1) is 21.8. The Hall–Kier alpha value is -2.29. The molecule has 0 bridgehead atoms. The Morgan fingerprint density at radius 3 is 2.62 bits per heavy atom. The zero-order chi connectivity index (χ0) is 18.2. The van der Waals surface area contributed by atoms with Crippen LogP contribution in [0, 0.1) is 6.92 Å². The average Bonchev–Trinajstić information content (AvgIpc) is 2.58. The highest BCUT2D eigenvalue weighted by molar-refractivity contribution is 14.0. The van der Waals surface area contributed by atoms with Gasteiger partial charge in [0.05, 0.1) is 6.54 Å². The number of likely N-dealkylation sites (N-methyl/N-ethyl adjacent to an activating group) is 1. The number of halogens is 1. The first-order chi connectivity index (χ1) is 11.9. The van der Waals surface area contributed by atoms with Gasteiger partial charge in [0.15, 0.2) is 12.6 Å². The van der Waals surface area contributed by atoms with Gasteiger partial charge in [0.25, 0.3) is 5.91 Å². The Labute approximate surface area is 171 Å². The van der Waals surface area contributed by atoms with Crippen LogP contribution in [0.1, 0.15) is 11.1 Å². The van der Waals surface area contributed by atoms with Gasteiger partial charge in [0, 0.05) is 19.8 Å². The van der Waals surface area contributed by atoms with Crippen molar-refractivity contribution >= 4 is 41.5 Å². The molecule has 2 rings (SSSR count). The molecule has 1 amide bonds. The summed E-state index contributed by atoms with van der Waals surface area (Å²) in [6.45, 7) is 2.45. The fraction of sp³-hybridized carbons (Fsp3) is 0.263. The maximum Gasteiger partial charge on any atom is 0.259 e. The predicted octanol–water partition coefficient (Wildman–Crippen LogP) is 3.01. The summed E-state index contributed by atoms with van der Waals surface area (Å²) in [4.78, 5) is 17.4. The van der Waals surface area contributed by atoms with E-state index in [0.29, 0.717) is 18.3 Å². The van der Waals surface area contributed by atoms with Gasteiger partial charge in [0.1, 0.15) is 5.75 Å². The van der Waals surface area contributed by atoms with Crippen LogP contribution in [0.4, 0.5) is 5.69 Å². The first-order valence-corrected chi connectivity index (χ1v) is 7.99. The van der Waals surface area contributed by atoms with Crippen LogP contribution in [-0.2, 0) is 11.3 Å². The number of nitrogens with zero attached hydrogens (tertiary/aromatic N) is 2. The normalized spacial score (nSPS) is 10.7. The van der Waals surface area contributed by atoms with Crippen LogP contribution in [0.3, 0.4) is 0 Å². The van der Waals surface area contributed by atoms with E-state index in [2.05, 4.69) is 10.3 Å². The molecule has 0 fully saturated rings.